The van der Waals surface area contributed by atoms with Gasteiger partial charge in [0.1, 0.15) is 0 Å². The lowest BCUT2D eigenvalue weighted by molar-refractivity contribution is -0.120. The van der Waals surface area contributed by atoms with Crippen LogP contribution >= 0.6 is 47.0 Å². The number of aromatic amines is 2. The summed E-state index contributed by atoms with van der Waals surface area (Å²) in [5.41, 5.74) is 7.45. The predicted molar refractivity (Wildman–Crippen MR) is 306 cm³/mol. The number of hydrogen-bond acceptors (Lipinski definition) is 16. The first-order valence-corrected chi connectivity index (χ1v) is 30.2. The van der Waals surface area contributed by atoms with Crippen LogP contribution in [0.1, 0.15) is 25.7 Å². The largest absolute Gasteiger partial charge is 0.384 e. The minimum absolute atomic E-state index is 0.0222. The van der Waals surface area contributed by atoms with Crippen molar-refractivity contribution >= 4 is 75.7 Å². The molecule has 15 nitrogen and oxygen atoms in total. The van der Waals surface area contributed by atoms with Gasteiger partial charge >= 0.3 is 0 Å². The number of ether oxygens (including phenoxy) is 4. The summed E-state index contributed by atoms with van der Waals surface area (Å²) in [6.45, 7) is 11.5. The van der Waals surface area contributed by atoms with E-state index >= 15 is 0 Å². The van der Waals surface area contributed by atoms with Crippen molar-refractivity contribution in [1.82, 2.24) is 19.8 Å². The van der Waals surface area contributed by atoms with Crippen molar-refractivity contribution in [3.8, 4) is 22.5 Å². The van der Waals surface area contributed by atoms with Crippen molar-refractivity contribution in [3.05, 3.63) is 118 Å². The number of rotatable bonds is 11. The zero-order chi connectivity index (χ0) is 51.8. The van der Waals surface area contributed by atoms with E-state index in [1.807, 2.05) is 23.9 Å². The molecular formula is C58H62N8O7S4. The summed E-state index contributed by atoms with van der Waals surface area (Å²) < 4.78 is 22.4. The summed E-state index contributed by atoms with van der Waals surface area (Å²) in [5, 5.41) is 6.77. The molecule has 4 aromatic carbocycles. The highest BCUT2D eigenvalue weighted by Gasteiger charge is 2.39. The molecule has 6 saturated heterocycles. The van der Waals surface area contributed by atoms with Gasteiger partial charge in [-0.1, -0.05) is 71.3 Å². The highest BCUT2D eigenvalue weighted by atomic mass is 32.2. The van der Waals surface area contributed by atoms with Gasteiger partial charge in [-0.2, -0.15) is 0 Å². The number of carbonyl (C=O) groups excluding carboxylic acids is 1. The molecule has 0 radical (unpaired) electrons. The van der Waals surface area contributed by atoms with E-state index in [2.05, 4.69) is 113 Å². The van der Waals surface area contributed by atoms with Gasteiger partial charge in [-0.05, 0) is 86.3 Å². The molecule has 400 valence electrons. The van der Waals surface area contributed by atoms with Crippen LogP contribution in [-0.2, 0) is 23.7 Å². The Morgan fingerprint density at radius 2 is 1.00 bits per heavy atom. The quantitative estimate of drug-likeness (QED) is 0.0972. The number of nitrogens with zero attached hydrogens (tertiary/aromatic N) is 4. The summed E-state index contributed by atoms with van der Waals surface area (Å²) in [7, 11) is 0. The number of nitrogens with one attached hydrogen (secondary N) is 4. The molecular weight excluding hydrogens is 1050 g/mol. The molecule has 2 aromatic heterocycles. The van der Waals surface area contributed by atoms with Gasteiger partial charge < -0.3 is 49.3 Å². The zero-order valence-electron chi connectivity index (χ0n) is 42.8. The predicted octanol–water partition coefficient (Wildman–Crippen LogP) is 9.07. The second-order valence-electron chi connectivity index (χ2n) is 20.7. The Kier molecular flexibility index (Phi) is 15.2. The number of hydrogen-bond donors (Lipinski definition) is 4. The maximum Gasteiger partial charge on any atom is 0.250 e. The molecule has 0 aliphatic carbocycles. The highest BCUT2D eigenvalue weighted by molar-refractivity contribution is 8.05. The SMILES string of the molecule is O=C(CN1C2CCC1COC2)Nc1ccc2c(c1)Sc1cccc(-c3cc(N4CCOCC4)cc(=O)[nH]3)c1S2.O=c1cc(N2CCOCC2)cc(-c2cccc3c2Sc2ccc(NCCN4C5CCC4COC5)cc2S3)[nH]1. The number of H-pyrrole nitrogens is 2. The van der Waals surface area contributed by atoms with Gasteiger partial charge in [-0.15, -0.1) is 0 Å². The number of anilines is 4. The minimum atomic E-state index is -0.106. The monoisotopic (exact) mass is 1110 g/mol. The van der Waals surface area contributed by atoms with E-state index in [1.54, 1.807) is 47.4 Å². The van der Waals surface area contributed by atoms with Crippen LogP contribution < -0.4 is 31.6 Å². The van der Waals surface area contributed by atoms with Crippen LogP contribution in [0.3, 0.4) is 0 Å². The van der Waals surface area contributed by atoms with Crippen LogP contribution in [-0.4, -0.2) is 149 Å². The molecule has 4 N–H and O–H groups in total. The Labute approximate surface area is 464 Å². The average Bonchev–Trinajstić information content (AvgIpc) is 3.80. The number of morpholine rings is 4. The van der Waals surface area contributed by atoms with Crippen molar-refractivity contribution in [2.75, 3.05) is 119 Å². The van der Waals surface area contributed by atoms with E-state index < -0.39 is 0 Å². The molecule has 10 heterocycles. The molecule has 19 heteroatoms. The normalized spacial score (nSPS) is 22.5. The molecule has 77 heavy (non-hydrogen) atoms. The molecule has 6 aromatic rings. The Morgan fingerprint density at radius 3 is 1.52 bits per heavy atom. The summed E-state index contributed by atoms with van der Waals surface area (Å²) in [5.74, 6) is 0.0222. The number of carbonyl (C=O) groups is 1. The number of aromatic nitrogens is 2. The first kappa shape index (κ1) is 51.3. The molecule has 0 spiro atoms. The Hall–Kier alpha value is -5.19. The topological polar surface area (TPSA) is 157 Å². The molecule has 8 aliphatic heterocycles. The Morgan fingerprint density at radius 1 is 0.519 bits per heavy atom. The number of benzene rings is 4. The highest BCUT2D eigenvalue weighted by Crippen LogP contribution is 2.54. The fourth-order valence-electron chi connectivity index (χ4n) is 11.9. The third kappa shape index (κ3) is 11.2. The zero-order valence-corrected chi connectivity index (χ0v) is 46.0. The van der Waals surface area contributed by atoms with Gasteiger partial charge in [-0.25, -0.2) is 0 Å². The average molecular weight is 1110 g/mol. The van der Waals surface area contributed by atoms with Crippen molar-refractivity contribution in [1.29, 1.82) is 0 Å². The fourth-order valence-corrected chi connectivity index (χ4v) is 16.7. The molecule has 8 aliphatic rings. The molecule has 1 amide bonds. The first-order chi connectivity index (χ1) is 37.8. The standard InChI is InChI=1S/C29H30N4O4S2.C29H32N4O3S2/c34-27-14-21(32-8-10-36-11-9-32)13-23(31-27)22-2-1-3-25-29(22)39-24-7-4-18(12-26(24)38-25)30-28(35)15-33-19-5-6-20(33)17-37-16-19;34-28-16-22(32-10-12-35-13-11-32)15-24(31-28)23-2-1-3-26-29(23)38-25-7-4-19(14-27(25)37-26)30-8-9-33-20-5-6-21(33)18-36-17-20/h1-4,7,12-14,19-20H,5-6,8-11,15-17H2,(H,30,35)(H,31,34);1-4,7,14-16,20-21,30H,5-6,8-13,17-18H2,(H,31,34). The minimum Gasteiger partial charge on any atom is -0.384 e. The van der Waals surface area contributed by atoms with E-state index in [0.29, 0.717) is 57.1 Å². The van der Waals surface area contributed by atoms with Gasteiger partial charge in [0.2, 0.25) is 17.0 Å². The van der Waals surface area contributed by atoms with Gasteiger partial charge in [0.25, 0.3) is 0 Å². The Balaban J connectivity index is 0.000000147. The smallest absolute Gasteiger partial charge is 0.250 e. The summed E-state index contributed by atoms with van der Waals surface area (Å²) >= 11 is 7.00. The van der Waals surface area contributed by atoms with E-state index in [-0.39, 0.29) is 17.0 Å². The van der Waals surface area contributed by atoms with Gasteiger partial charge in [0.05, 0.1) is 70.8 Å². The Bertz CT molecular complexity index is 3260. The maximum atomic E-state index is 12.9. The van der Waals surface area contributed by atoms with Crippen molar-refractivity contribution < 1.29 is 23.7 Å². The summed E-state index contributed by atoms with van der Waals surface area (Å²) in [6, 6.07) is 34.9. The van der Waals surface area contributed by atoms with Crippen LogP contribution in [0.4, 0.5) is 22.7 Å². The molecule has 4 atom stereocenters. The van der Waals surface area contributed by atoms with Gasteiger partial charge in [0, 0.05) is 149 Å². The maximum absolute atomic E-state index is 12.9. The van der Waals surface area contributed by atoms with Crippen LogP contribution in [0.15, 0.2) is 146 Å². The lowest BCUT2D eigenvalue weighted by atomic mass is 10.1. The van der Waals surface area contributed by atoms with E-state index in [1.165, 1.54) is 38.1 Å². The summed E-state index contributed by atoms with van der Waals surface area (Å²) in [4.78, 5) is 63.1. The van der Waals surface area contributed by atoms with Crippen molar-refractivity contribution in [2.24, 2.45) is 0 Å². The van der Waals surface area contributed by atoms with Crippen LogP contribution in [0.25, 0.3) is 22.5 Å². The van der Waals surface area contributed by atoms with Crippen molar-refractivity contribution in [3.63, 3.8) is 0 Å². The second-order valence-corrected chi connectivity index (χ2v) is 24.9. The summed E-state index contributed by atoms with van der Waals surface area (Å²) in [6.07, 6.45) is 4.75. The third-order valence-corrected chi connectivity index (χ3v) is 21.0. The van der Waals surface area contributed by atoms with Crippen LogP contribution in [0.2, 0.25) is 0 Å². The third-order valence-electron chi connectivity index (χ3n) is 15.8. The van der Waals surface area contributed by atoms with Gasteiger partial charge in [-0.3, -0.25) is 24.2 Å². The molecule has 4 bridgehead atoms. The van der Waals surface area contributed by atoms with E-state index in [4.69, 9.17) is 18.9 Å². The van der Waals surface area contributed by atoms with Crippen LogP contribution in [0, 0.1) is 0 Å². The van der Waals surface area contributed by atoms with Crippen molar-refractivity contribution in [2.45, 2.75) is 89.0 Å². The molecule has 4 unspecified atom stereocenters. The molecule has 6 fully saturated rings. The lowest BCUT2D eigenvalue weighted by Gasteiger charge is -2.34. The van der Waals surface area contributed by atoms with E-state index in [9.17, 15) is 14.4 Å². The number of fused-ring (bicyclic) bond motifs is 8. The molecule has 0 saturated carbocycles. The second kappa shape index (κ2) is 22.9. The van der Waals surface area contributed by atoms with Gasteiger partial charge in [0.15, 0.2) is 0 Å². The lowest BCUT2D eigenvalue weighted by Crippen LogP contribution is -2.48. The number of pyridine rings is 2. The molecule has 14 rings (SSSR count). The van der Waals surface area contributed by atoms with E-state index in [0.717, 1.165) is 138 Å². The van der Waals surface area contributed by atoms with Crippen LogP contribution in [0.5, 0.6) is 0 Å². The number of amides is 1. The fraction of sp³-hybridized carbons (Fsp3) is 0.397. The first-order valence-electron chi connectivity index (χ1n) is 26.9.